The van der Waals surface area contributed by atoms with Gasteiger partial charge in [0.2, 0.25) is 0 Å². The lowest BCUT2D eigenvalue weighted by atomic mass is 10.1. The van der Waals surface area contributed by atoms with Crippen molar-refractivity contribution in [3.63, 3.8) is 0 Å². The van der Waals surface area contributed by atoms with Gasteiger partial charge in [-0.15, -0.1) is 0 Å². The summed E-state index contributed by atoms with van der Waals surface area (Å²) < 4.78 is 0. The molecule has 0 saturated heterocycles. The first kappa shape index (κ1) is 13.0. The minimum absolute atomic E-state index is 0.478. The van der Waals surface area contributed by atoms with Gasteiger partial charge in [-0.05, 0) is 12.5 Å². The highest BCUT2D eigenvalue weighted by Gasteiger charge is 2.09. The number of hydrogen-bond acceptors (Lipinski definition) is 3. The summed E-state index contributed by atoms with van der Waals surface area (Å²) in [5.41, 5.74) is 2.76. The van der Waals surface area contributed by atoms with Crippen LogP contribution >= 0.6 is 11.6 Å². The molecule has 100 valence electrons. The molecule has 0 N–H and O–H groups in total. The molecule has 0 fully saturated rings. The van der Waals surface area contributed by atoms with E-state index in [1.165, 1.54) is 0 Å². The van der Waals surface area contributed by atoms with E-state index in [0.717, 1.165) is 40.8 Å². The van der Waals surface area contributed by atoms with Gasteiger partial charge in [-0.1, -0.05) is 42.8 Å². The van der Waals surface area contributed by atoms with Gasteiger partial charge in [0.25, 0.3) is 0 Å². The van der Waals surface area contributed by atoms with Gasteiger partial charge in [0.15, 0.2) is 0 Å². The second kappa shape index (κ2) is 5.55. The first-order chi connectivity index (χ1) is 9.78. The second-order valence-electron chi connectivity index (χ2n) is 4.62. The predicted octanol–water partition coefficient (Wildman–Crippen LogP) is 4.30. The summed E-state index contributed by atoms with van der Waals surface area (Å²) >= 11 is 6.12. The van der Waals surface area contributed by atoms with Crippen LogP contribution in [0, 0.1) is 0 Å². The fourth-order valence-electron chi connectivity index (χ4n) is 2.25. The van der Waals surface area contributed by atoms with Gasteiger partial charge in [0.05, 0.1) is 11.2 Å². The van der Waals surface area contributed by atoms with Crippen LogP contribution in [0.3, 0.4) is 0 Å². The Morgan fingerprint density at radius 2 is 1.95 bits per heavy atom. The standard InChI is InChI=1S/C16H14ClN3/c1-2-5-15-19-13(10-14(17)20-15)12-8-3-6-11-7-4-9-18-16(11)12/h3-4,6-10H,2,5H2,1H3. The molecule has 4 heteroatoms. The maximum absolute atomic E-state index is 6.12. The van der Waals surface area contributed by atoms with Gasteiger partial charge in [0.1, 0.15) is 11.0 Å². The van der Waals surface area contributed by atoms with Crippen LogP contribution in [0.25, 0.3) is 22.2 Å². The van der Waals surface area contributed by atoms with Gasteiger partial charge in [-0.2, -0.15) is 0 Å². The largest absolute Gasteiger partial charge is 0.256 e. The molecule has 1 aromatic carbocycles. The summed E-state index contributed by atoms with van der Waals surface area (Å²) in [6.45, 7) is 2.10. The van der Waals surface area contributed by atoms with Gasteiger partial charge < -0.3 is 0 Å². The lowest BCUT2D eigenvalue weighted by Crippen LogP contribution is -1.97. The summed E-state index contributed by atoms with van der Waals surface area (Å²) in [4.78, 5) is 13.3. The number of pyridine rings is 1. The van der Waals surface area contributed by atoms with E-state index in [2.05, 4.69) is 21.9 Å². The zero-order valence-corrected chi connectivity index (χ0v) is 11.9. The first-order valence-corrected chi connectivity index (χ1v) is 7.03. The van der Waals surface area contributed by atoms with E-state index in [1.54, 1.807) is 12.3 Å². The maximum atomic E-state index is 6.12. The zero-order chi connectivity index (χ0) is 13.9. The lowest BCUT2D eigenvalue weighted by Gasteiger charge is -2.07. The Balaban J connectivity index is 2.20. The van der Waals surface area contributed by atoms with Crippen LogP contribution in [0.4, 0.5) is 0 Å². The molecule has 0 aliphatic carbocycles. The van der Waals surface area contributed by atoms with Crippen molar-refractivity contribution in [2.24, 2.45) is 0 Å². The van der Waals surface area contributed by atoms with Gasteiger partial charge in [-0.3, -0.25) is 4.98 Å². The number of aromatic nitrogens is 3. The Kier molecular flexibility index (Phi) is 3.61. The van der Waals surface area contributed by atoms with Crippen molar-refractivity contribution in [2.75, 3.05) is 0 Å². The van der Waals surface area contributed by atoms with Crippen molar-refractivity contribution in [2.45, 2.75) is 19.8 Å². The molecular formula is C16H14ClN3. The highest BCUT2D eigenvalue weighted by Crippen LogP contribution is 2.27. The molecule has 0 spiro atoms. The van der Waals surface area contributed by atoms with Crippen LogP contribution in [-0.4, -0.2) is 15.0 Å². The van der Waals surface area contributed by atoms with Crippen LogP contribution in [0.5, 0.6) is 0 Å². The van der Waals surface area contributed by atoms with E-state index < -0.39 is 0 Å². The van der Waals surface area contributed by atoms with Crippen LogP contribution in [0.1, 0.15) is 19.2 Å². The van der Waals surface area contributed by atoms with E-state index in [-0.39, 0.29) is 0 Å². The summed E-state index contributed by atoms with van der Waals surface area (Å²) in [5.74, 6) is 0.780. The number of fused-ring (bicyclic) bond motifs is 1. The van der Waals surface area contributed by atoms with Crippen LogP contribution in [-0.2, 0) is 6.42 Å². The maximum Gasteiger partial charge on any atom is 0.133 e. The summed E-state index contributed by atoms with van der Waals surface area (Å²) in [6, 6.07) is 11.8. The molecule has 0 bridgehead atoms. The Labute approximate surface area is 122 Å². The quantitative estimate of drug-likeness (QED) is 0.673. The van der Waals surface area contributed by atoms with E-state index in [1.807, 2.05) is 30.3 Å². The number of nitrogens with zero attached hydrogens (tertiary/aromatic N) is 3. The van der Waals surface area contributed by atoms with Gasteiger partial charge in [-0.25, -0.2) is 9.97 Å². The Bertz CT molecular complexity index is 750. The summed E-state index contributed by atoms with van der Waals surface area (Å²) in [7, 11) is 0. The molecule has 20 heavy (non-hydrogen) atoms. The molecule has 0 radical (unpaired) electrons. The topological polar surface area (TPSA) is 38.7 Å². The molecule has 0 amide bonds. The van der Waals surface area contributed by atoms with E-state index in [0.29, 0.717) is 5.15 Å². The number of hydrogen-bond donors (Lipinski definition) is 0. The van der Waals surface area contributed by atoms with Gasteiger partial charge in [0, 0.05) is 29.6 Å². The Hall–Kier alpha value is -2.00. The molecular weight excluding hydrogens is 270 g/mol. The molecule has 3 nitrogen and oxygen atoms in total. The monoisotopic (exact) mass is 283 g/mol. The third-order valence-electron chi connectivity index (χ3n) is 3.12. The second-order valence-corrected chi connectivity index (χ2v) is 5.01. The van der Waals surface area contributed by atoms with Gasteiger partial charge >= 0.3 is 0 Å². The Morgan fingerprint density at radius 1 is 1.10 bits per heavy atom. The lowest BCUT2D eigenvalue weighted by molar-refractivity contribution is 0.837. The molecule has 2 heterocycles. The average molecular weight is 284 g/mol. The van der Waals surface area contributed by atoms with Crippen LogP contribution < -0.4 is 0 Å². The number of benzene rings is 1. The smallest absolute Gasteiger partial charge is 0.133 e. The molecule has 0 atom stereocenters. The molecule has 0 saturated carbocycles. The fraction of sp³-hybridized carbons (Fsp3) is 0.188. The highest BCUT2D eigenvalue weighted by atomic mass is 35.5. The summed E-state index contributed by atoms with van der Waals surface area (Å²) in [5, 5.41) is 1.57. The predicted molar refractivity (Wildman–Crippen MR) is 81.8 cm³/mol. The van der Waals surface area contributed by atoms with Crippen molar-refractivity contribution in [3.8, 4) is 11.3 Å². The van der Waals surface area contributed by atoms with Crippen molar-refractivity contribution < 1.29 is 0 Å². The van der Waals surface area contributed by atoms with Crippen LogP contribution in [0.2, 0.25) is 5.15 Å². The van der Waals surface area contributed by atoms with Crippen LogP contribution in [0.15, 0.2) is 42.6 Å². The molecule has 3 aromatic rings. The zero-order valence-electron chi connectivity index (χ0n) is 11.2. The third-order valence-corrected chi connectivity index (χ3v) is 3.32. The number of rotatable bonds is 3. The molecule has 0 unspecified atom stereocenters. The minimum Gasteiger partial charge on any atom is -0.256 e. The molecule has 0 aliphatic rings. The number of aryl methyl sites for hydroxylation is 1. The normalized spacial score (nSPS) is 10.9. The molecule has 0 aliphatic heterocycles. The van der Waals surface area contributed by atoms with E-state index >= 15 is 0 Å². The summed E-state index contributed by atoms with van der Waals surface area (Å²) in [6.07, 6.45) is 3.61. The fourth-order valence-corrected chi connectivity index (χ4v) is 2.45. The van der Waals surface area contributed by atoms with E-state index in [4.69, 9.17) is 11.6 Å². The highest BCUT2D eigenvalue weighted by molar-refractivity contribution is 6.29. The van der Waals surface area contributed by atoms with Crippen molar-refractivity contribution in [1.82, 2.24) is 15.0 Å². The van der Waals surface area contributed by atoms with Crippen molar-refractivity contribution >= 4 is 22.5 Å². The Morgan fingerprint density at radius 3 is 2.80 bits per heavy atom. The molecule has 3 rings (SSSR count). The van der Waals surface area contributed by atoms with E-state index in [9.17, 15) is 0 Å². The first-order valence-electron chi connectivity index (χ1n) is 6.65. The third kappa shape index (κ3) is 2.49. The average Bonchev–Trinajstić information content (AvgIpc) is 2.46. The minimum atomic E-state index is 0.478. The SMILES string of the molecule is CCCc1nc(Cl)cc(-c2cccc3cccnc23)n1. The number of halogens is 1. The van der Waals surface area contributed by atoms with Crippen molar-refractivity contribution in [3.05, 3.63) is 53.6 Å². The van der Waals surface area contributed by atoms with Crippen molar-refractivity contribution in [1.29, 1.82) is 0 Å². The number of para-hydroxylation sites is 1. The molecule has 2 aromatic heterocycles.